The van der Waals surface area contributed by atoms with Gasteiger partial charge in [-0.3, -0.25) is 4.90 Å². The third kappa shape index (κ3) is 3.13. The third-order valence-corrected chi connectivity index (χ3v) is 4.31. The molecule has 112 valence electrons. The van der Waals surface area contributed by atoms with Crippen molar-refractivity contribution in [3.8, 4) is 11.8 Å². The lowest BCUT2D eigenvalue weighted by molar-refractivity contribution is 0.248. The number of nitrogens with zero attached hydrogens (tertiary/aromatic N) is 2. The van der Waals surface area contributed by atoms with Crippen LogP contribution in [0.5, 0.6) is 5.75 Å². The summed E-state index contributed by atoms with van der Waals surface area (Å²) < 4.78 is 5.24. The lowest BCUT2D eigenvalue weighted by atomic mass is 10.0. The summed E-state index contributed by atoms with van der Waals surface area (Å²) in [7, 11) is 1.69. The topological polar surface area (TPSA) is 36.3 Å². The molecule has 0 aliphatic carbocycles. The van der Waals surface area contributed by atoms with Crippen LogP contribution in [0.1, 0.15) is 35.6 Å². The zero-order chi connectivity index (χ0) is 15.4. The highest BCUT2D eigenvalue weighted by Crippen LogP contribution is 2.33. The molecule has 0 unspecified atom stereocenters. The number of nitriles is 1. The molecule has 3 heteroatoms. The minimum Gasteiger partial charge on any atom is -0.497 e. The first-order chi connectivity index (χ1) is 10.8. The fraction of sp³-hybridized carbons (Fsp3) is 0.316. The predicted octanol–water partition coefficient (Wildman–Crippen LogP) is 3.90. The second-order valence-electron chi connectivity index (χ2n) is 5.71. The first kappa shape index (κ1) is 14.6. The van der Waals surface area contributed by atoms with Crippen LogP contribution < -0.4 is 4.74 Å². The maximum Gasteiger partial charge on any atom is 0.118 e. The van der Waals surface area contributed by atoms with Crippen LogP contribution >= 0.6 is 0 Å². The van der Waals surface area contributed by atoms with E-state index in [4.69, 9.17) is 10.00 Å². The molecule has 1 aliphatic heterocycles. The van der Waals surface area contributed by atoms with Gasteiger partial charge in [-0.2, -0.15) is 5.26 Å². The summed E-state index contributed by atoms with van der Waals surface area (Å²) in [5.41, 5.74) is 3.28. The molecule has 1 atom stereocenters. The van der Waals surface area contributed by atoms with Gasteiger partial charge < -0.3 is 4.74 Å². The molecule has 2 aromatic carbocycles. The van der Waals surface area contributed by atoms with E-state index < -0.39 is 0 Å². The zero-order valence-corrected chi connectivity index (χ0v) is 12.8. The van der Waals surface area contributed by atoms with Crippen molar-refractivity contribution in [3.05, 3.63) is 65.2 Å². The first-order valence-electron chi connectivity index (χ1n) is 7.67. The Bertz CT molecular complexity index is 673. The maximum atomic E-state index is 9.03. The molecule has 3 rings (SSSR count). The van der Waals surface area contributed by atoms with Crippen LogP contribution in [0.2, 0.25) is 0 Å². The van der Waals surface area contributed by atoms with Crippen LogP contribution in [-0.2, 0) is 6.54 Å². The second kappa shape index (κ2) is 6.64. The highest BCUT2D eigenvalue weighted by molar-refractivity contribution is 5.33. The number of rotatable bonds is 4. The molecular weight excluding hydrogens is 272 g/mol. The summed E-state index contributed by atoms with van der Waals surface area (Å²) in [5, 5.41) is 9.03. The van der Waals surface area contributed by atoms with Crippen molar-refractivity contribution in [2.45, 2.75) is 25.4 Å². The number of ether oxygens (including phenoxy) is 1. The van der Waals surface area contributed by atoms with Gasteiger partial charge in [-0.15, -0.1) is 0 Å². The van der Waals surface area contributed by atoms with Gasteiger partial charge in [0.25, 0.3) is 0 Å². The SMILES string of the molecule is COc1ccc([C@@H]2CCCN2Cc2cccc(C#N)c2)cc1. The third-order valence-electron chi connectivity index (χ3n) is 4.31. The molecule has 1 fully saturated rings. The average molecular weight is 292 g/mol. The van der Waals surface area contributed by atoms with Crippen molar-refractivity contribution in [3.63, 3.8) is 0 Å². The Hall–Kier alpha value is -2.31. The van der Waals surface area contributed by atoms with Crippen molar-refractivity contribution in [2.75, 3.05) is 13.7 Å². The smallest absolute Gasteiger partial charge is 0.118 e. The van der Waals surface area contributed by atoms with Crippen LogP contribution in [0, 0.1) is 11.3 Å². The number of benzene rings is 2. The molecule has 2 aromatic rings. The maximum absolute atomic E-state index is 9.03. The molecule has 3 nitrogen and oxygen atoms in total. The van der Waals surface area contributed by atoms with Crippen molar-refractivity contribution in [1.82, 2.24) is 4.90 Å². The Labute approximate surface area is 131 Å². The molecular formula is C19H20N2O. The van der Waals surface area contributed by atoms with Crippen LogP contribution in [0.4, 0.5) is 0 Å². The normalized spacial score (nSPS) is 18.1. The summed E-state index contributed by atoms with van der Waals surface area (Å²) in [6, 6.07) is 19.0. The van der Waals surface area contributed by atoms with E-state index in [0.717, 1.165) is 24.4 Å². The number of hydrogen-bond acceptors (Lipinski definition) is 3. The Morgan fingerprint density at radius 1 is 1.23 bits per heavy atom. The van der Waals surface area contributed by atoms with Gasteiger partial charge in [0.2, 0.25) is 0 Å². The highest BCUT2D eigenvalue weighted by Gasteiger charge is 2.25. The lowest BCUT2D eigenvalue weighted by Gasteiger charge is -2.25. The van der Waals surface area contributed by atoms with Crippen molar-refractivity contribution in [1.29, 1.82) is 5.26 Å². The molecule has 0 spiro atoms. The Morgan fingerprint density at radius 2 is 2.05 bits per heavy atom. The molecule has 0 bridgehead atoms. The first-order valence-corrected chi connectivity index (χ1v) is 7.67. The van der Waals surface area contributed by atoms with Crippen LogP contribution in [0.25, 0.3) is 0 Å². The number of likely N-dealkylation sites (tertiary alicyclic amines) is 1. The second-order valence-corrected chi connectivity index (χ2v) is 5.71. The van der Waals surface area contributed by atoms with E-state index >= 15 is 0 Å². The minimum absolute atomic E-state index is 0.455. The van der Waals surface area contributed by atoms with E-state index in [9.17, 15) is 0 Å². The van der Waals surface area contributed by atoms with Gasteiger partial charge >= 0.3 is 0 Å². The molecule has 0 amide bonds. The van der Waals surface area contributed by atoms with Crippen molar-refractivity contribution in [2.24, 2.45) is 0 Å². The molecule has 22 heavy (non-hydrogen) atoms. The van der Waals surface area contributed by atoms with Crippen LogP contribution in [-0.4, -0.2) is 18.6 Å². The largest absolute Gasteiger partial charge is 0.497 e. The summed E-state index contributed by atoms with van der Waals surface area (Å²) in [6.45, 7) is 2.00. The van der Waals surface area contributed by atoms with E-state index in [0.29, 0.717) is 6.04 Å². The average Bonchev–Trinajstić information content (AvgIpc) is 3.03. The molecule has 0 saturated carbocycles. The molecule has 1 saturated heterocycles. The number of hydrogen-bond donors (Lipinski definition) is 0. The Kier molecular flexibility index (Phi) is 4.41. The van der Waals surface area contributed by atoms with Crippen LogP contribution in [0.15, 0.2) is 48.5 Å². The van der Waals surface area contributed by atoms with E-state index in [-0.39, 0.29) is 0 Å². The van der Waals surface area contributed by atoms with E-state index in [1.165, 1.54) is 24.0 Å². The summed E-state index contributed by atoms with van der Waals surface area (Å²) in [4.78, 5) is 2.50. The summed E-state index contributed by atoms with van der Waals surface area (Å²) in [5.74, 6) is 0.898. The van der Waals surface area contributed by atoms with Gasteiger partial charge in [0.1, 0.15) is 5.75 Å². The Morgan fingerprint density at radius 3 is 2.77 bits per heavy atom. The molecule has 0 aromatic heterocycles. The van der Waals surface area contributed by atoms with E-state index in [2.05, 4.69) is 29.2 Å². The Balaban J connectivity index is 1.76. The highest BCUT2D eigenvalue weighted by atomic mass is 16.5. The van der Waals surface area contributed by atoms with Crippen LogP contribution in [0.3, 0.4) is 0 Å². The minimum atomic E-state index is 0.455. The van der Waals surface area contributed by atoms with Crippen molar-refractivity contribution < 1.29 is 4.74 Å². The zero-order valence-electron chi connectivity index (χ0n) is 12.8. The van der Waals surface area contributed by atoms with Gasteiger partial charge in [0.05, 0.1) is 18.7 Å². The lowest BCUT2D eigenvalue weighted by Crippen LogP contribution is -2.22. The van der Waals surface area contributed by atoms with Gasteiger partial charge in [-0.25, -0.2) is 0 Å². The number of methoxy groups -OCH3 is 1. The molecule has 0 radical (unpaired) electrons. The fourth-order valence-electron chi connectivity index (χ4n) is 3.19. The molecule has 0 N–H and O–H groups in total. The van der Waals surface area contributed by atoms with Gasteiger partial charge in [-0.05, 0) is 54.8 Å². The standard InChI is InChI=1S/C19H20N2O/c1-22-18-9-7-17(8-10-18)19-6-3-11-21(19)14-16-5-2-4-15(12-16)13-20/h2,4-5,7-10,12,19H,3,6,11,14H2,1H3/t19-/m0/s1. The van der Waals surface area contributed by atoms with E-state index in [1.807, 2.05) is 30.3 Å². The van der Waals surface area contributed by atoms with Gasteiger partial charge in [0, 0.05) is 12.6 Å². The fourth-order valence-corrected chi connectivity index (χ4v) is 3.19. The monoisotopic (exact) mass is 292 g/mol. The van der Waals surface area contributed by atoms with Gasteiger partial charge in [0.15, 0.2) is 0 Å². The van der Waals surface area contributed by atoms with Gasteiger partial charge in [-0.1, -0.05) is 24.3 Å². The van der Waals surface area contributed by atoms with Crippen molar-refractivity contribution >= 4 is 0 Å². The van der Waals surface area contributed by atoms with E-state index in [1.54, 1.807) is 7.11 Å². The predicted molar refractivity (Wildman–Crippen MR) is 86.5 cm³/mol. The quantitative estimate of drug-likeness (QED) is 0.857. The molecule has 1 heterocycles. The summed E-state index contributed by atoms with van der Waals surface area (Å²) in [6.07, 6.45) is 2.40. The summed E-state index contributed by atoms with van der Waals surface area (Å²) >= 11 is 0. The molecule has 1 aliphatic rings.